The van der Waals surface area contributed by atoms with E-state index in [-0.39, 0.29) is 29.0 Å². The Kier molecular flexibility index (Phi) is 7.20. The first-order chi connectivity index (χ1) is 12.3. The average Bonchev–Trinajstić information content (AvgIpc) is 2.61. The number of amides is 1. The lowest BCUT2D eigenvalue weighted by molar-refractivity contribution is -0.120. The molecule has 0 fully saturated rings. The summed E-state index contributed by atoms with van der Waals surface area (Å²) in [4.78, 5) is 14.3. The molecule has 0 saturated heterocycles. The summed E-state index contributed by atoms with van der Waals surface area (Å²) in [5, 5.41) is 3.45. The van der Waals surface area contributed by atoms with Crippen molar-refractivity contribution < 1.29 is 13.2 Å². The summed E-state index contributed by atoms with van der Waals surface area (Å²) in [5.41, 5.74) is 0.986. The van der Waals surface area contributed by atoms with Gasteiger partial charge in [-0.1, -0.05) is 41.9 Å². The third-order valence-corrected chi connectivity index (χ3v) is 6.02. The maximum Gasteiger partial charge on any atom is 0.221 e. The van der Waals surface area contributed by atoms with Crippen LogP contribution in [-0.4, -0.2) is 45.6 Å². The van der Waals surface area contributed by atoms with Gasteiger partial charge in [0.25, 0.3) is 0 Å². The lowest BCUT2D eigenvalue weighted by Crippen LogP contribution is -2.35. The highest BCUT2D eigenvalue weighted by Gasteiger charge is 2.18. The van der Waals surface area contributed by atoms with E-state index in [0.29, 0.717) is 11.6 Å². The van der Waals surface area contributed by atoms with Gasteiger partial charge in [0.2, 0.25) is 5.91 Å². The maximum absolute atomic E-state index is 12.2. The van der Waals surface area contributed by atoms with E-state index in [9.17, 15) is 13.2 Å². The van der Waals surface area contributed by atoms with Crippen molar-refractivity contribution >= 4 is 27.3 Å². The number of carbonyl (C=O) groups excluding carboxylic acids is 1. The highest BCUT2D eigenvalue weighted by atomic mass is 35.5. The number of sulfone groups is 1. The number of rotatable bonds is 8. The molecule has 1 N–H and O–H groups in total. The molecule has 0 aliphatic rings. The van der Waals surface area contributed by atoms with Gasteiger partial charge in [0, 0.05) is 18.0 Å². The molecule has 0 aromatic heterocycles. The summed E-state index contributed by atoms with van der Waals surface area (Å²) in [6.45, 7) is 0.373. The van der Waals surface area contributed by atoms with Crippen LogP contribution in [0.4, 0.5) is 0 Å². The fraction of sp³-hybridized carbons (Fsp3) is 0.316. The molecule has 1 atom stereocenters. The number of likely N-dealkylation sites (N-methyl/N-ethyl adjacent to an activating group) is 1. The number of nitrogens with one attached hydrogen (secondary N) is 1. The van der Waals surface area contributed by atoms with Gasteiger partial charge in [0.05, 0.1) is 16.7 Å². The SMILES string of the molecule is CN(C)C(CNC(=O)CCS(=O)(=O)c1ccccc1)c1cccc(Cl)c1. The van der Waals surface area contributed by atoms with E-state index in [4.69, 9.17) is 11.6 Å². The molecule has 2 aromatic rings. The first-order valence-corrected chi connectivity index (χ1v) is 10.3. The number of carbonyl (C=O) groups is 1. The molecular weight excluding hydrogens is 372 g/mol. The monoisotopic (exact) mass is 394 g/mol. The molecule has 0 aliphatic carbocycles. The first kappa shape index (κ1) is 20.4. The summed E-state index contributed by atoms with van der Waals surface area (Å²) in [6.07, 6.45) is -0.0765. The molecule has 2 rings (SSSR count). The number of nitrogens with zero attached hydrogens (tertiary/aromatic N) is 1. The van der Waals surface area contributed by atoms with Gasteiger partial charge in [-0.3, -0.25) is 4.79 Å². The first-order valence-electron chi connectivity index (χ1n) is 8.26. The van der Waals surface area contributed by atoms with Gasteiger partial charge in [0.15, 0.2) is 9.84 Å². The zero-order chi connectivity index (χ0) is 19.2. The minimum absolute atomic E-state index is 0.0524. The van der Waals surface area contributed by atoms with E-state index in [2.05, 4.69) is 5.32 Å². The summed E-state index contributed by atoms with van der Waals surface area (Å²) in [6, 6.07) is 15.6. The Morgan fingerprint density at radius 1 is 1.12 bits per heavy atom. The molecule has 5 nitrogen and oxygen atoms in total. The predicted molar refractivity (Wildman–Crippen MR) is 104 cm³/mol. The second-order valence-electron chi connectivity index (χ2n) is 6.22. The van der Waals surface area contributed by atoms with Gasteiger partial charge in [-0.05, 0) is 43.9 Å². The normalized spacial score (nSPS) is 12.8. The van der Waals surface area contributed by atoms with E-state index in [1.807, 2.05) is 37.2 Å². The Labute approximate surface area is 159 Å². The van der Waals surface area contributed by atoms with Crippen molar-refractivity contribution in [1.29, 1.82) is 0 Å². The van der Waals surface area contributed by atoms with Crippen molar-refractivity contribution in [1.82, 2.24) is 10.2 Å². The molecule has 0 saturated carbocycles. The van der Waals surface area contributed by atoms with Crippen molar-refractivity contribution in [3.05, 3.63) is 65.2 Å². The molecule has 7 heteroatoms. The Morgan fingerprint density at radius 3 is 2.42 bits per heavy atom. The largest absolute Gasteiger partial charge is 0.354 e. The van der Waals surface area contributed by atoms with Crippen LogP contribution in [0.2, 0.25) is 5.02 Å². The van der Waals surface area contributed by atoms with Crippen LogP contribution in [0, 0.1) is 0 Å². The predicted octanol–water partition coefficient (Wildman–Crippen LogP) is 2.92. The Hall–Kier alpha value is -1.89. The van der Waals surface area contributed by atoms with Gasteiger partial charge in [-0.25, -0.2) is 8.42 Å². The lowest BCUT2D eigenvalue weighted by atomic mass is 10.1. The number of hydrogen-bond acceptors (Lipinski definition) is 4. The number of hydrogen-bond donors (Lipinski definition) is 1. The minimum Gasteiger partial charge on any atom is -0.354 e. The van der Waals surface area contributed by atoms with Gasteiger partial charge in [-0.2, -0.15) is 0 Å². The van der Waals surface area contributed by atoms with Gasteiger partial charge >= 0.3 is 0 Å². The van der Waals surface area contributed by atoms with E-state index in [1.165, 1.54) is 12.1 Å². The molecule has 0 bridgehead atoms. The van der Waals surface area contributed by atoms with E-state index in [0.717, 1.165) is 5.56 Å². The molecule has 0 aliphatic heterocycles. The van der Waals surface area contributed by atoms with Crippen molar-refractivity contribution in [2.75, 3.05) is 26.4 Å². The molecule has 1 amide bonds. The third kappa shape index (κ3) is 5.83. The van der Waals surface area contributed by atoms with Crippen LogP contribution < -0.4 is 5.32 Å². The average molecular weight is 395 g/mol. The van der Waals surface area contributed by atoms with Crippen LogP contribution in [0.1, 0.15) is 18.0 Å². The Bertz CT molecular complexity index is 839. The summed E-state index contributed by atoms with van der Waals surface area (Å²) in [7, 11) is 0.372. The molecular formula is C19H23ClN2O3S. The third-order valence-electron chi connectivity index (χ3n) is 4.05. The highest BCUT2D eigenvalue weighted by Crippen LogP contribution is 2.21. The maximum atomic E-state index is 12.2. The van der Waals surface area contributed by atoms with Crippen LogP contribution in [0.15, 0.2) is 59.5 Å². The second-order valence-corrected chi connectivity index (χ2v) is 8.77. The smallest absolute Gasteiger partial charge is 0.221 e. The number of halogens is 1. The second kappa shape index (κ2) is 9.16. The quantitative estimate of drug-likeness (QED) is 0.747. The van der Waals surface area contributed by atoms with Crippen molar-refractivity contribution in [2.45, 2.75) is 17.4 Å². The number of benzene rings is 2. The molecule has 0 spiro atoms. The Morgan fingerprint density at radius 2 is 1.81 bits per heavy atom. The summed E-state index contributed by atoms with van der Waals surface area (Å²) >= 11 is 6.04. The molecule has 0 heterocycles. The molecule has 0 radical (unpaired) electrons. The standard InChI is InChI=1S/C19H23ClN2O3S/c1-22(2)18(15-7-6-8-16(20)13-15)14-21-19(23)11-12-26(24,25)17-9-4-3-5-10-17/h3-10,13,18H,11-12,14H2,1-2H3,(H,21,23). The summed E-state index contributed by atoms with van der Waals surface area (Å²) in [5.74, 6) is -0.509. The van der Waals surface area contributed by atoms with Crippen LogP contribution in [0.3, 0.4) is 0 Å². The zero-order valence-corrected chi connectivity index (χ0v) is 16.4. The van der Waals surface area contributed by atoms with Crippen molar-refractivity contribution in [3.63, 3.8) is 0 Å². The molecule has 26 heavy (non-hydrogen) atoms. The molecule has 1 unspecified atom stereocenters. The van der Waals surface area contributed by atoms with Gasteiger partial charge in [-0.15, -0.1) is 0 Å². The fourth-order valence-electron chi connectivity index (χ4n) is 2.58. The highest BCUT2D eigenvalue weighted by molar-refractivity contribution is 7.91. The topological polar surface area (TPSA) is 66.5 Å². The summed E-state index contributed by atoms with van der Waals surface area (Å²) < 4.78 is 24.5. The minimum atomic E-state index is -3.46. The van der Waals surface area contributed by atoms with Gasteiger partial charge < -0.3 is 10.2 Å². The van der Waals surface area contributed by atoms with Crippen LogP contribution >= 0.6 is 11.6 Å². The molecule has 140 valence electrons. The van der Waals surface area contributed by atoms with Crippen LogP contribution in [0.25, 0.3) is 0 Å². The fourth-order valence-corrected chi connectivity index (χ4v) is 4.04. The van der Waals surface area contributed by atoms with Crippen molar-refractivity contribution in [2.24, 2.45) is 0 Å². The Balaban J connectivity index is 1.93. The van der Waals surface area contributed by atoms with E-state index < -0.39 is 9.84 Å². The molecule has 2 aromatic carbocycles. The van der Waals surface area contributed by atoms with Crippen LogP contribution in [-0.2, 0) is 14.6 Å². The van der Waals surface area contributed by atoms with Crippen molar-refractivity contribution in [3.8, 4) is 0 Å². The van der Waals surface area contributed by atoms with Crippen LogP contribution in [0.5, 0.6) is 0 Å². The van der Waals surface area contributed by atoms with E-state index in [1.54, 1.807) is 24.3 Å². The zero-order valence-electron chi connectivity index (χ0n) is 14.9. The van der Waals surface area contributed by atoms with E-state index >= 15 is 0 Å². The van der Waals surface area contributed by atoms with Gasteiger partial charge in [0.1, 0.15) is 0 Å². The lowest BCUT2D eigenvalue weighted by Gasteiger charge is -2.25.